The Bertz CT molecular complexity index is 478. The first kappa shape index (κ1) is 14.5. The van der Waals surface area contributed by atoms with Crippen LogP contribution in [0.4, 0.5) is 5.69 Å². The molecule has 1 aliphatic rings. The van der Waals surface area contributed by atoms with Crippen LogP contribution in [0.25, 0.3) is 0 Å². The van der Waals surface area contributed by atoms with E-state index in [1.807, 2.05) is 37.1 Å². The van der Waals surface area contributed by atoms with Crippen molar-refractivity contribution in [1.29, 1.82) is 0 Å². The number of amides is 1. The molecule has 1 aromatic carbocycles. The van der Waals surface area contributed by atoms with Gasteiger partial charge in [0.25, 0.3) is 0 Å². The minimum absolute atomic E-state index is 0.105. The standard InChI is InChI=1S/C14H20BrN3O/c1-10-3-4-12(11(15)9-10)18-8-7-17(2)13(5-6-16)14(18)19/h3-4,9,13H,5-8,16H2,1-2H3. The number of carbonyl (C=O) groups is 1. The zero-order valence-electron chi connectivity index (χ0n) is 11.4. The van der Waals surface area contributed by atoms with E-state index in [1.165, 1.54) is 5.56 Å². The Hall–Kier alpha value is -0.910. The lowest BCUT2D eigenvalue weighted by atomic mass is 10.1. The van der Waals surface area contributed by atoms with Gasteiger partial charge in [-0.1, -0.05) is 6.07 Å². The maximum absolute atomic E-state index is 12.6. The molecular weight excluding hydrogens is 306 g/mol. The summed E-state index contributed by atoms with van der Waals surface area (Å²) >= 11 is 3.55. The predicted molar refractivity (Wildman–Crippen MR) is 81.3 cm³/mol. The van der Waals surface area contributed by atoms with Crippen LogP contribution in [-0.2, 0) is 4.79 Å². The maximum atomic E-state index is 12.6. The first-order valence-corrected chi connectivity index (χ1v) is 7.31. The van der Waals surface area contributed by atoms with Gasteiger partial charge in [-0.15, -0.1) is 0 Å². The molecule has 1 amide bonds. The summed E-state index contributed by atoms with van der Waals surface area (Å²) in [5.74, 6) is 0.142. The molecule has 0 aromatic heterocycles. The number of nitrogens with zero attached hydrogens (tertiary/aromatic N) is 2. The lowest BCUT2D eigenvalue weighted by Gasteiger charge is -2.39. The molecule has 0 bridgehead atoms. The van der Waals surface area contributed by atoms with Gasteiger partial charge in [-0.3, -0.25) is 9.69 Å². The van der Waals surface area contributed by atoms with Gasteiger partial charge in [-0.2, -0.15) is 0 Å². The Balaban J connectivity index is 2.27. The van der Waals surface area contributed by atoms with Crippen molar-refractivity contribution in [1.82, 2.24) is 4.90 Å². The maximum Gasteiger partial charge on any atom is 0.244 e. The third-order valence-corrected chi connectivity index (χ3v) is 4.23. The third-order valence-electron chi connectivity index (χ3n) is 3.59. The summed E-state index contributed by atoms with van der Waals surface area (Å²) in [5.41, 5.74) is 7.74. The van der Waals surface area contributed by atoms with Gasteiger partial charge in [-0.25, -0.2) is 0 Å². The first-order chi connectivity index (χ1) is 9.04. The van der Waals surface area contributed by atoms with Crippen LogP contribution >= 0.6 is 15.9 Å². The van der Waals surface area contributed by atoms with Gasteiger partial charge in [0.2, 0.25) is 5.91 Å². The highest BCUT2D eigenvalue weighted by Crippen LogP contribution is 2.29. The smallest absolute Gasteiger partial charge is 0.244 e. The molecule has 1 aliphatic heterocycles. The van der Waals surface area contributed by atoms with Crippen molar-refractivity contribution in [2.75, 3.05) is 31.6 Å². The zero-order chi connectivity index (χ0) is 14.0. The Labute approximate surface area is 122 Å². The van der Waals surface area contributed by atoms with E-state index in [0.29, 0.717) is 13.0 Å². The minimum Gasteiger partial charge on any atom is -0.330 e. The van der Waals surface area contributed by atoms with Crippen molar-refractivity contribution in [3.05, 3.63) is 28.2 Å². The van der Waals surface area contributed by atoms with Crippen LogP contribution in [-0.4, -0.2) is 43.5 Å². The summed E-state index contributed by atoms with van der Waals surface area (Å²) in [5, 5.41) is 0. The van der Waals surface area contributed by atoms with Crippen molar-refractivity contribution in [2.45, 2.75) is 19.4 Å². The van der Waals surface area contributed by atoms with Crippen LogP contribution in [0, 0.1) is 6.92 Å². The van der Waals surface area contributed by atoms with E-state index in [-0.39, 0.29) is 11.9 Å². The molecule has 104 valence electrons. The van der Waals surface area contributed by atoms with E-state index in [4.69, 9.17) is 5.73 Å². The first-order valence-electron chi connectivity index (χ1n) is 6.52. The molecule has 1 heterocycles. The number of likely N-dealkylation sites (N-methyl/N-ethyl adjacent to an activating group) is 1. The predicted octanol–water partition coefficient (Wildman–Crippen LogP) is 1.75. The second-order valence-corrected chi connectivity index (χ2v) is 5.87. The number of rotatable bonds is 3. The van der Waals surface area contributed by atoms with Crippen LogP contribution in [0.3, 0.4) is 0 Å². The highest BCUT2D eigenvalue weighted by molar-refractivity contribution is 9.10. The van der Waals surface area contributed by atoms with E-state index in [2.05, 4.69) is 20.8 Å². The second kappa shape index (κ2) is 6.03. The van der Waals surface area contributed by atoms with Gasteiger partial charge in [0.15, 0.2) is 0 Å². The quantitative estimate of drug-likeness (QED) is 0.921. The molecule has 19 heavy (non-hydrogen) atoms. The molecular formula is C14H20BrN3O. The lowest BCUT2D eigenvalue weighted by Crippen LogP contribution is -2.56. The molecule has 4 nitrogen and oxygen atoms in total. The molecule has 2 N–H and O–H groups in total. The Kier molecular flexibility index (Phi) is 4.60. The van der Waals surface area contributed by atoms with Crippen molar-refractivity contribution >= 4 is 27.5 Å². The second-order valence-electron chi connectivity index (χ2n) is 5.02. The molecule has 5 heteroatoms. The molecule has 2 rings (SSSR count). The number of carbonyl (C=O) groups excluding carboxylic acids is 1. The van der Waals surface area contributed by atoms with Crippen molar-refractivity contribution < 1.29 is 4.79 Å². The van der Waals surface area contributed by atoms with E-state index < -0.39 is 0 Å². The summed E-state index contributed by atoms with van der Waals surface area (Å²) in [7, 11) is 1.99. The molecule has 1 saturated heterocycles. The average molecular weight is 326 g/mol. The summed E-state index contributed by atoms with van der Waals surface area (Å²) in [4.78, 5) is 16.5. The number of nitrogens with two attached hydrogens (primary N) is 1. The molecule has 0 radical (unpaired) electrons. The fourth-order valence-corrected chi connectivity index (χ4v) is 3.17. The highest BCUT2D eigenvalue weighted by Gasteiger charge is 2.33. The largest absolute Gasteiger partial charge is 0.330 e. The number of halogens is 1. The monoisotopic (exact) mass is 325 g/mol. The minimum atomic E-state index is -0.105. The number of hydrogen-bond acceptors (Lipinski definition) is 3. The fraction of sp³-hybridized carbons (Fsp3) is 0.500. The van der Waals surface area contributed by atoms with Crippen LogP contribution in [0.5, 0.6) is 0 Å². The lowest BCUT2D eigenvalue weighted by molar-refractivity contribution is -0.125. The van der Waals surface area contributed by atoms with Crippen LogP contribution in [0.1, 0.15) is 12.0 Å². The number of aryl methyl sites for hydroxylation is 1. The number of hydrogen-bond donors (Lipinski definition) is 1. The summed E-state index contributed by atoms with van der Waals surface area (Å²) in [6.07, 6.45) is 0.704. The number of anilines is 1. The Morgan fingerprint density at radius 3 is 2.79 bits per heavy atom. The molecule has 1 atom stereocenters. The van der Waals surface area contributed by atoms with Crippen LogP contribution < -0.4 is 10.6 Å². The Morgan fingerprint density at radius 2 is 2.16 bits per heavy atom. The van der Waals surface area contributed by atoms with Gasteiger partial charge >= 0.3 is 0 Å². The topological polar surface area (TPSA) is 49.6 Å². The van der Waals surface area contributed by atoms with Gasteiger partial charge in [-0.05, 0) is 60.6 Å². The molecule has 1 aromatic rings. The SMILES string of the molecule is Cc1ccc(N2CCN(C)C(CCN)C2=O)c(Br)c1. The Morgan fingerprint density at radius 1 is 1.42 bits per heavy atom. The van der Waals surface area contributed by atoms with E-state index in [1.54, 1.807) is 0 Å². The zero-order valence-corrected chi connectivity index (χ0v) is 13.0. The molecule has 1 fully saturated rings. The third kappa shape index (κ3) is 2.99. The molecule has 0 spiro atoms. The molecule has 1 unspecified atom stereocenters. The van der Waals surface area contributed by atoms with Crippen molar-refractivity contribution in [2.24, 2.45) is 5.73 Å². The summed E-state index contributed by atoms with van der Waals surface area (Å²) < 4.78 is 0.969. The highest BCUT2D eigenvalue weighted by atomic mass is 79.9. The number of piperazine rings is 1. The van der Waals surface area contributed by atoms with E-state index in [9.17, 15) is 4.79 Å². The summed E-state index contributed by atoms with van der Waals surface area (Å²) in [6, 6.07) is 5.97. The van der Waals surface area contributed by atoms with Gasteiger partial charge in [0, 0.05) is 17.6 Å². The average Bonchev–Trinajstić information content (AvgIpc) is 2.36. The van der Waals surface area contributed by atoms with Crippen LogP contribution in [0.15, 0.2) is 22.7 Å². The summed E-state index contributed by atoms with van der Waals surface area (Å²) in [6.45, 7) is 4.16. The van der Waals surface area contributed by atoms with Crippen molar-refractivity contribution in [3.63, 3.8) is 0 Å². The van der Waals surface area contributed by atoms with E-state index in [0.717, 1.165) is 23.2 Å². The number of benzene rings is 1. The van der Waals surface area contributed by atoms with Crippen molar-refractivity contribution in [3.8, 4) is 0 Å². The fourth-order valence-electron chi connectivity index (χ4n) is 2.46. The van der Waals surface area contributed by atoms with Gasteiger partial charge < -0.3 is 10.6 Å². The normalized spacial score (nSPS) is 20.9. The molecule has 0 aliphatic carbocycles. The van der Waals surface area contributed by atoms with Gasteiger partial charge in [0.1, 0.15) is 0 Å². The van der Waals surface area contributed by atoms with E-state index >= 15 is 0 Å². The molecule has 0 saturated carbocycles. The van der Waals surface area contributed by atoms with Crippen LogP contribution in [0.2, 0.25) is 0 Å². The van der Waals surface area contributed by atoms with Gasteiger partial charge in [0.05, 0.1) is 11.7 Å².